The highest BCUT2D eigenvalue weighted by molar-refractivity contribution is 6.02. The molecular formula is C33H56O4. The fourth-order valence-electron chi connectivity index (χ4n) is 5.31. The first-order valence-electron chi connectivity index (χ1n) is 15.5. The SMILES string of the molecule is CCCCCCCCC(CCCCCCCC)(CCCCCCCC)OC(=O)c1ccccc1C(=O)O. The predicted molar refractivity (Wildman–Crippen MR) is 156 cm³/mol. The first kappa shape index (κ1) is 33.2. The third-order valence-corrected chi connectivity index (χ3v) is 7.64. The number of benzene rings is 1. The maximum Gasteiger partial charge on any atom is 0.339 e. The number of ether oxygens (including phenoxy) is 1. The van der Waals surface area contributed by atoms with Gasteiger partial charge in [-0.25, -0.2) is 9.59 Å². The molecule has 0 atom stereocenters. The predicted octanol–water partition coefficient (Wildman–Crippen LogP) is 10.5. The van der Waals surface area contributed by atoms with Crippen molar-refractivity contribution in [2.24, 2.45) is 0 Å². The number of unbranched alkanes of at least 4 members (excludes halogenated alkanes) is 15. The van der Waals surface area contributed by atoms with E-state index in [-0.39, 0.29) is 11.1 Å². The molecule has 0 radical (unpaired) electrons. The molecule has 0 unspecified atom stereocenters. The van der Waals surface area contributed by atoms with Crippen LogP contribution >= 0.6 is 0 Å². The summed E-state index contributed by atoms with van der Waals surface area (Å²) in [4.78, 5) is 25.2. The number of carbonyl (C=O) groups excluding carboxylic acids is 1. The van der Waals surface area contributed by atoms with Gasteiger partial charge in [0.25, 0.3) is 0 Å². The van der Waals surface area contributed by atoms with E-state index in [1.54, 1.807) is 18.2 Å². The number of aromatic carboxylic acids is 1. The zero-order valence-electron chi connectivity index (χ0n) is 24.3. The van der Waals surface area contributed by atoms with E-state index in [0.29, 0.717) is 0 Å². The molecule has 0 bridgehead atoms. The average molecular weight is 517 g/mol. The van der Waals surface area contributed by atoms with Crippen LogP contribution < -0.4 is 0 Å². The highest BCUT2D eigenvalue weighted by atomic mass is 16.6. The van der Waals surface area contributed by atoms with E-state index in [9.17, 15) is 14.7 Å². The van der Waals surface area contributed by atoms with Crippen molar-refractivity contribution in [1.82, 2.24) is 0 Å². The largest absolute Gasteiger partial charge is 0.478 e. The van der Waals surface area contributed by atoms with Crippen LogP contribution in [-0.4, -0.2) is 22.6 Å². The van der Waals surface area contributed by atoms with Crippen LogP contribution in [0.3, 0.4) is 0 Å². The van der Waals surface area contributed by atoms with Crippen LogP contribution in [0.5, 0.6) is 0 Å². The van der Waals surface area contributed by atoms with Crippen LogP contribution in [0, 0.1) is 0 Å². The molecule has 0 aliphatic rings. The summed E-state index contributed by atoms with van der Waals surface area (Å²) < 4.78 is 6.40. The molecule has 0 spiro atoms. The van der Waals surface area contributed by atoms with Gasteiger partial charge in [0.05, 0.1) is 11.1 Å². The minimum absolute atomic E-state index is 0.0279. The molecule has 212 valence electrons. The number of esters is 1. The Morgan fingerprint density at radius 1 is 0.595 bits per heavy atom. The summed E-state index contributed by atoms with van der Waals surface area (Å²) >= 11 is 0. The molecule has 1 rings (SSSR count). The Morgan fingerprint density at radius 2 is 0.946 bits per heavy atom. The molecule has 0 aromatic heterocycles. The second kappa shape index (κ2) is 21.1. The Hall–Kier alpha value is -1.84. The normalized spacial score (nSPS) is 11.5. The number of rotatable bonds is 24. The molecule has 0 fully saturated rings. The van der Waals surface area contributed by atoms with Gasteiger partial charge in [0.15, 0.2) is 0 Å². The average Bonchev–Trinajstić information content (AvgIpc) is 2.90. The van der Waals surface area contributed by atoms with E-state index in [0.717, 1.165) is 57.8 Å². The number of carboxylic acids is 1. The second-order valence-electron chi connectivity index (χ2n) is 11.0. The summed E-state index contributed by atoms with van der Waals surface area (Å²) in [6.45, 7) is 6.71. The van der Waals surface area contributed by atoms with E-state index < -0.39 is 17.5 Å². The third kappa shape index (κ3) is 14.6. The highest BCUT2D eigenvalue weighted by Gasteiger charge is 2.34. The Balaban J connectivity index is 2.99. The summed E-state index contributed by atoms with van der Waals surface area (Å²) in [5, 5.41) is 9.64. The first-order valence-corrected chi connectivity index (χ1v) is 15.5. The van der Waals surface area contributed by atoms with Crippen LogP contribution in [0.15, 0.2) is 24.3 Å². The van der Waals surface area contributed by atoms with E-state index in [4.69, 9.17) is 4.74 Å². The third-order valence-electron chi connectivity index (χ3n) is 7.64. The van der Waals surface area contributed by atoms with E-state index >= 15 is 0 Å². The van der Waals surface area contributed by atoms with Gasteiger partial charge < -0.3 is 9.84 Å². The lowest BCUT2D eigenvalue weighted by atomic mass is 9.84. The summed E-state index contributed by atoms with van der Waals surface area (Å²) in [7, 11) is 0. The standard InChI is InChI=1S/C33H56O4/c1-4-7-10-13-16-21-26-33(27-22-17-14-11-8-5-2,28-23-18-15-12-9-6-3)37-32(36)30-25-20-19-24-29(30)31(34)35/h19-20,24-25H,4-18,21-23,26-28H2,1-3H3,(H,34,35). The smallest absolute Gasteiger partial charge is 0.339 e. The zero-order chi connectivity index (χ0) is 27.2. The van der Waals surface area contributed by atoms with Crippen LogP contribution in [-0.2, 0) is 4.74 Å². The van der Waals surface area contributed by atoms with Crippen molar-refractivity contribution in [3.8, 4) is 0 Å². The molecule has 0 aliphatic heterocycles. The van der Waals surface area contributed by atoms with Crippen LogP contribution in [0.1, 0.15) is 176 Å². The monoisotopic (exact) mass is 516 g/mol. The quantitative estimate of drug-likeness (QED) is 0.110. The van der Waals surface area contributed by atoms with Gasteiger partial charge in [-0.3, -0.25) is 0 Å². The molecule has 0 amide bonds. The maximum absolute atomic E-state index is 13.4. The molecule has 4 heteroatoms. The number of hydrogen-bond acceptors (Lipinski definition) is 3. The lowest BCUT2D eigenvalue weighted by Crippen LogP contribution is -2.36. The summed E-state index contributed by atoms with van der Waals surface area (Å²) in [6, 6.07) is 6.48. The summed E-state index contributed by atoms with van der Waals surface area (Å²) in [5.74, 6) is -1.55. The molecule has 0 heterocycles. The Bertz CT molecular complexity index is 686. The molecule has 1 aromatic rings. The fraction of sp³-hybridized carbons (Fsp3) is 0.758. The molecule has 0 saturated carbocycles. The molecule has 4 nitrogen and oxygen atoms in total. The zero-order valence-corrected chi connectivity index (χ0v) is 24.3. The molecule has 1 N–H and O–H groups in total. The van der Waals surface area contributed by atoms with Gasteiger partial charge in [-0.2, -0.15) is 0 Å². The fourth-order valence-corrected chi connectivity index (χ4v) is 5.31. The Kier molecular flexibility index (Phi) is 19.0. The van der Waals surface area contributed by atoms with Gasteiger partial charge in [-0.05, 0) is 50.7 Å². The molecule has 1 aromatic carbocycles. The summed E-state index contributed by atoms with van der Waals surface area (Å²) in [6.07, 6.45) is 24.3. The van der Waals surface area contributed by atoms with E-state index in [1.807, 2.05) is 0 Å². The lowest BCUT2D eigenvalue weighted by Gasteiger charge is -2.34. The number of carboxylic acid groups (broad SMARTS) is 1. The van der Waals surface area contributed by atoms with Gasteiger partial charge in [-0.15, -0.1) is 0 Å². The van der Waals surface area contributed by atoms with Gasteiger partial charge in [-0.1, -0.05) is 129 Å². The van der Waals surface area contributed by atoms with Crippen molar-refractivity contribution in [3.05, 3.63) is 35.4 Å². The molecule has 0 aliphatic carbocycles. The van der Waals surface area contributed by atoms with Crippen LogP contribution in [0.2, 0.25) is 0 Å². The maximum atomic E-state index is 13.4. The molecule has 37 heavy (non-hydrogen) atoms. The topological polar surface area (TPSA) is 63.6 Å². The lowest BCUT2D eigenvalue weighted by molar-refractivity contribution is -0.0362. The van der Waals surface area contributed by atoms with Crippen molar-refractivity contribution in [2.45, 2.75) is 161 Å². The molecule has 0 saturated heterocycles. The molecular weight excluding hydrogens is 460 g/mol. The van der Waals surface area contributed by atoms with Gasteiger partial charge in [0.1, 0.15) is 5.60 Å². The minimum Gasteiger partial charge on any atom is -0.478 e. The van der Waals surface area contributed by atoms with Crippen molar-refractivity contribution < 1.29 is 19.4 Å². The van der Waals surface area contributed by atoms with Crippen LogP contribution in [0.25, 0.3) is 0 Å². The van der Waals surface area contributed by atoms with Gasteiger partial charge in [0, 0.05) is 0 Å². The van der Waals surface area contributed by atoms with Gasteiger partial charge >= 0.3 is 11.9 Å². The van der Waals surface area contributed by atoms with E-state index in [1.165, 1.54) is 83.1 Å². The number of carbonyl (C=O) groups is 2. The van der Waals surface area contributed by atoms with Crippen LogP contribution in [0.4, 0.5) is 0 Å². The van der Waals surface area contributed by atoms with Crippen molar-refractivity contribution >= 4 is 11.9 Å². The van der Waals surface area contributed by atoms with Crippen molar-refractivity contribution in [1.29, 1.82) is 0 Å². The Morgan fingerprint density at radius 3 is 1.32 bits per heavy atom. The number of hydrogen-bond donors (Lipinski definition) is 1. The Labute approximate surface area is 228 Å². The summed E-state index contributed by atoms with van der Waals surface area (Å²) in [5.41, 5.74) is -0.295. The highest BCUT2D eigenvalue weighted by Crippen LogP contribution is 2.34. The van der Waals surface area contributed by atoms with Crippen molar-refractivity contribution in [2.75, 3.05) is 0 Å². The van der Waals surface area contributed by atoms with Gasteiger partial charge in [0.2, 0.25) is 0 Å². The van der Waals surface area contributed by atoms with Crippen molar-refractivity contribution in [3.63, 3.8) is 0 Å². The first-order chi connectivity index (χ1) is 18.0. The van der Waals surface area contributed by atoms with E-state index in [2.05, 4.69) is 20.8 Å². The second-order valence-corrected chi connectivity index (χ2v) is 11.0. The minimum atomic E-state index is -1.08.